The van der Waals surface area contributed by atoms with Gasteiger partial charge in [-0.2, -0.15) is 0 Å². The number of amides is 1. The van der Waals surface area contributed by atoms with Crippen molar-refractivity contribution in [3.63, 3.8) is 0 Å². The van der Waals surface area contributed by atoms with E-state index in [9.17, 15) is 4.79 Å². The molecule has 2 aromatic rings. The molecule has 0 aliphatic carbocycles. The Morgan fingerprint density at radius 3 is 2.62 bits per heavy atom. The van der Waals surface area contributed by atoms with Crippen LogP contribution in [0.2, 0.25) is 0 Å². The minimum absolute atomic E-state index is 0.0159. The number of hydrogen-bond donors (Lipinski definition) is 0. The lowest BCUT2D eigenvalue weighted by molar-refractivity contribution is 0.0668. The van der Waals surface area contributed by atoms with Gasteiger partial charge in [-0.15, -0.1) is 0 Å². The van der Waals surface area contributed by atoms with E-state index in [1.54, 1.807) is 0 Å². The Labute approximate surface area is 201 Å². The van der Waals surface area contributed by atoms with Gasteiger partial charge in [0.05, 0.1) is 19.3 Å². The van der Waals surface area contributed by atoms with Crippen LogP contribution in [0, 0.1) is 5.92 Å². The lowest BCUT2D eigenvalue weighted by Gasteiger charge is -2.39. The summed E-state index contributed by atoms with van der Waals surface area (Å²) in [5.41, 5.74) is 3.79. The number of carbonyl (C=O) groups excluding carboxylic acids is 1. The number of nitrogens with zero attached hydrogens (tertiary/aromatic N) is 4. The summed E-state index contributed by atoms with van der Waals surface area (Å²) in [5.74, 6) is 1.90. The van der Waals surface area contributed by atoms with E-state index >= 15 is 0 Å². The van der Waals surface area contributed by atoms with E-state index in [0.29, 0.717) is 17.9 Å². The average molecular weight is 461 g/mol. The standard InChI is InChI=1S/C27H32N4O3/c1-18(2)34-21-13-22(19-6-7-26(29-17-19)31-9-11-33-12-10-31)23-15-25(20-5-4-8-28-16-20)30(3)27(32)24(23)14-21/h4-8,13-14,17-18,20,25H,9-12,15-16H2,1-3H3. The monoisotopic (exact) mass is 460 g/mol. The predicted molar refractivity (Wildman–Crippen MR) is 134 cm³/mol. The third kappa shape index (κ3) is 4.44. The Kier molecular flexibility index (Phi) is 6.37. The van der Waals surface area contributed by atoms with Gasteiger partial charge in [0, 0.05) is 62.2 Å². The molecular weight excluding hydrogens is 428 g/mol. The molecule has 3 aliphatic heterocycles. The van der Waals surface area contributed by atoms with Gasteiger partial charge in [-0.05, 0) is 61.7 Å². The molecule has 0 saturated carbocycles. The molecule has 34 heavy (non-hydrogen) atoms. The maximum Gasteiger partial charge on any atom is 0.254 e. The molecule has 1 fully saturated rings. The molecule has 0 N–H and O–H groups in total. The molecule has 0 bridgehead atoms. The molecule has 7 heteroatoms. The summed E-state index contributed by atoms with van der Waals surface area (Å²) in [6.07, 6.45) is 8.68. The summed E-state index contributed by atoms with van der Waals surface area (Å²) in [7, 11) is 1.90. The molecule has 1 aromatic heterocycles. The number of morpholine rings is 1. The zero-order valence-corrected chi connectivity index (χ0v) is 20.1. The van der Waals surface area contributed by atoms with E-state index in [1.165, 1.54) is 0 Å². The van der Waals surface area contributed by atoms with Crippen LogP contribution in [-0.2, 0) is 11.2 Å². The number of carbonyl (C=O) groups is 1. The second kappa shape index (κ2) is 9.58. The fourth-order valence-corrected chi connectivity index (χ4v) is 5.05. The van der Waals surface area contributed by atoms with Crippen LogP contribution in [0.4, 0.5) is 5.82 Å². The number of aliphatic imine (C=N–C) groups is 1. The highest BCUT2D eigenvalue weighted by Crippen LogP contribution is 2.38. The van der Waals surface area contributed by atoms with Crippen molar-refractivity contribution in [1.82, 2.24) is 9.88 Å². The Bertz CT molecular complexity index is 1100. The number of allylic oxidation sites excluding steroid dienone is 1. The molecule has 3 aliphatic rings. The summed E-state index contributed by atoms with van der Waals surface area (Å²) in [5, 5.41) is 0. The maximum absolute atomic E-state index is 13.5. The van der Waals surface area contributed by atoms with E-state index in [2.05, 4.69) is 34.2 Å². The van der Waals surface area contributed by atoms with Crippen LogP contribution in [0.1, 0.15) is 29.8 Å². The third-order valence-corrected chi connectivity index (χ3v) is 6.81. The zero-order valence-electron chi connectivity index (χ0n) is 20.1. The molecule has 7 nitrogen and oxygen atoms in total. The van der Waals surface area contributed by atoms with Crippen molar-refractivity contribution in [3.8, 4) is 16.9 Å². The number of dihydropyridines is 1. The predicted octanol–water partition coefficient (Wildman–Crippen LogP) is 3.63. The number of rotatable bonds is 5. The molecule has 1 saturated heterocycles. The van der Waals surface area contributed by atoms with Crippen molar-refractivity contribution in [2.45, 2.75) is 32.4 Å². The number of fused-ring (bicyclic) bond motifs is 1. The first-order valence-electron chi connectivity index (χ1n) is 12.1. The molecular formula is C27H32N4O3. The van der Waals surface area contributed by atoms with Gasteiger partial charge in [0.25, 0.3) is 5.91 Å². The first kappa shape index (κ1) is 22.6. The Morgan fingerprint density at radius 1 is 1.15 bits per heavy atom. The van der Waals surface area contributed by atoms with Crippen molar-refractivity contribution >= 4 is 17.9 Å². The van der Waals surface area contributed by atoms with Crippen molar-refractivity contribution in [1.29, 1.82) is 0 Å². The molecule has 1 aromatic carbocycles. The summed E-state index contributed by atoms with van der Waals surface area (Å²) < 4.78 is 11.5. The van der Waals surface area contributed by atoms with E-state index in [1.807, 2.05) is 50.3 Å². The molecule has 0 spiro atoms. The summed E-state index contributed by atoms with van der Waals surface area (Å²) in [4.78, 5) is 26.8. The fourth-order valence-electron chi connectivity index (χ4n) is 5.05. The molecule has 1 amide bonds. The quantitative estimate of drug-likeness (QED) is 0.682. The third-order valence-electron chi connectivity index (χ3n) is 6.81. The van der Waals surface area contributed by atoms with E-state index < -0.39 is 0 Å². The van der Waals surface area contributed by atoms with Gasteiger partial charge < -0.3 is 19.3 Å². The van der Waals surface area contributed by atoms with Crippen molar-refractivity contribution in [2.24, 2.45) is 10.9 Å². The van der Waals surface area contributed by atoms with Crippen LogP contribution >= 0.6 is 0 Å². The van der Waals surface area contributed by atoms with Gasteiger partial charge in [0.15, 0.2) is 0 Å². The fraction of sp³-hybridized carbons (Fsp3) is 0.444. The highest BCUT2D eigenvalue weighted by molar-refractivity contribution is 5.99. The summed E-state index contributed by atoms with van der Waals surface area (Å²) >= 11 is 0. The molecule has 4 heterocycles. The second-order valence-electron chi connectivity index (χ2n) is 9.42. The van der Waals surface area contributed by atoms with E-state index in [-0.39, 0.29) is 24.0 Å². The minimum atomic E-state index is 0.0159. The Morgan fingerprint density at radius 2 is 1.94 bits per heavy atom. The Balaban J connectivity index is 1.54. The molecule has 0 radical (unpaired) electrons. The number of likely N-dealkylation sites (N-methyl/N-ethyl adjacent to an activating group) is 1. The van der Waals surface area contributed by atoms with Crippen LogP contribution in [0.25, 0.3) is 11.1 Å². The van der Waals surface area contributed by atoms with E-state index in [4.69, 9.17) is 14.5 Å². The van der Waals surface area contributed by atoms with Gasteiger partial charge in [0.2, 0.25) is 0 Å². The molecule has 2 atom stereocenters. The number of hydrogen-bond acceptors (Lipinski definition) is 6. The summed E-state index contributed by atoms with van der Waals surface area (Å²) in [6.45, 7) is 7.84. The highest BCUT2D eigenvalue weighted by Gasteiger charge is 2.36. The van der Waals surface area contributed by atoms with Crippen molar-refractivity contribution < 1.29 is 14.3 Å². The highest BCUT2D eigenvalue weighted by atomic mass is 16.5. The van der Waals surface area contributed by atoms with Gasteiger partial charge in [-0.25, -0.2) is 4.98 Å². The van der Waals surface area contributed by atoms with Crippen LogP contribution in [-0.4, -0.2) is 74.0 Å². The van der Waals surface area contributed by atoms with Crippen LogP contribution in [0.5, 0.6) is 5.75 Å². The first-order chi connectivity index (χ1) is 16.5. The average Bonchev–Trinajstić information content (AvgIpc) is 2.87. The first-order valence-corrected chi connectivity index (χ1v) is 12.1. The number of pyridine rings is 1. The smallest absolute Gasteiger partial charge is 0.254 e. The van der Waals surface area contributed by atoms with Crippen LogP contribution < -0.4 is 9.64 Å². The van der Waals surface area contributed by atoms with Gasteiger partial charge in [-0.1, -0.05) is 6.08 Å². The number of ether oxygens (including phenoxy) is 2. The van der Waals surface area contributed by atoms with Crippen LogP contribution in [0.3, 0.4) is 0 Å². The lowest BCUT2D eigenvalue weighted by Crippen LogP contribution is -2.48. The Hall–Kier alpha value is -3.19. The molecule has 178 valence electrons. The van der Waals surface area contributed by atoms with Gasteiger partial charge in [0.1, 0.15) is 11.6 Å². The second-order valence-corrected chi connectivity index (χ2v) is 9.42. The van der Waals surface area contributed by atoms with Crippen molar-refractivity contribution in [3.05, 3.63) is 53.7 Å². The number of benzene rings is 1. The molecule has 5 rings (SSSR count). The van der Waals surface area contributed by atoms with Gasteiger partial charge >= 0.3 is 0 Å². The van der Waals surface area contributed by atoms with E-state index in [0.717, 1.165) is 55.2 Å². The minimum Gasteiger partial charge on any atom is -0.491 e. The van der Waals surface area contributed by atoms with Crippen LogP contribution in [0.15, 0.2) is 47.6 Å². The van der Waals surface area contributed by atoms with Gasteiger partial charge in [-0.3, -0.25) is 9.79 Å². The zero-order chi connectivity index (χ0) is 23.7. The maximum atomic E-state index is 13.5. The largest absolute Gasteiger partial charge is 0.491 e. The normalized spacial score (nSPS) is 22.3. The molecule has 2 unspecified atom stereocenters. The number of aromatic nitrogens is 1. The SMILES string of the molecule is CC(C)Oc1cc2c(c(-c3ccc(N4CCOCC4)nc3)c1)CC(C1C=CC=NC1)N(C)C2=O. The topological polar surface area (TPSA) is 67.3 Å². The number of anilines is 1. The lowest BCUT2D eigenvalue weighted by atomic mass is 9.82. The summed E-state index contributed by atoms with van der Waals surface area (Å²) in [6, 6.07) is 8.20. The van der Waals surface area contributed by atoms with Crippen molar-refractivity contribution in [2.75, 3.05) is 44.8 Å².